The van der Waals surface area contributed by atoms with Gasteiger partial charge in [-0.05, 0) is 17.7 Å². The lowest BCUT2D eigenvalue weighted by molar-refractivity contribution is -0.116. The fourth-order valence-corrected chi connectivity index (χ4v) is 3.22. The quantitative estimate of drug-likeness (QED) is 0.551. The number of carbonyl (C=O) groups is 1. The number of nitrogens with one attached hydrogen (secondary N) is 1. The van der Waals surface area contributed by atoms with Gasteiger partial charge in [-0.1, -0.05) is 54.1 Å². The number of fused-ring (bicyclic) bond motifs is 1. The van der Waals surface area contributed by atoms with Crippen LogP contribution < -0.4 is 5.32 Å². The molecule has 0 spiro atoms. The molecule has 0 saturated heterocycles. The van der Waals surface area contributed by atoms with E-state index in [9.17, 15) is 4.79 Å². The van der Waals surface area contributed by atoms with Gasteiger partial charge in [-0.3, -0.25) is 14.2 Å². The van der Waals surface area contributed by atoms with E-state index < -0.39 is 0 Å². The first-order valence-corrected chi connectivity index (χ1v) is 9.04. The molecule has 27 heavy (non-hydrogen) atoms. The van der Waals surface area contributed by atoms with Crippen LogP contribution in [0.25, 0.3) is 10.9 Å². The summed E-state index contributed by atoms with van der Waals surface area (Å²) in [6.07, 6.45) is 3.78. The Hall–Kier alpha value is -3.12. The lowest BCUT2D eigenvalue weighted by Gasteiger charge is -2.04. The molecule has 0 bridgehead atoms. The Morgan fingerprint density at radius 2 is 1.85 bits per heavy atom. The Balaban J connectivity index is 1.36. The van der Waals surface area contributed by atoms with Crippen LogP contribution in [0.3, 0.4) is 0 Å². The number of halogens is 1. The number of nitrogens with zero attached hydrogens (tertiary/aromatic N) is 4. The molecular weight excluding hydrogens is 362 g/mol. The molecule has 4 aromatic rings. The number of aromatic nitrogens is 4. The fraction of sp³-hybridized carbons (Fsp3) is 0.150. The summed E-state index contributed by atoms with van der Waals surface area (Å²) in [6.45, 7) is 1.12. The predicted molar refractivity (Wildman–Crippen MR) is 106 cm³/mol. The second-order valence-electron chi connectivity index (χ2n) is 6.24. The Labute approximate surface area is 161 Å². The monoisotopic (exact) mass is 379 g/mol. The van der Waals surface area contributed by atoms with Crippen molar-refractivity contribution in [2.24, 2.45) is 0 Å². The number of hydrogen-bond donors (Lipinski definition) is 1. The summed E-state index contributed by atoms with van der Waals surface area (Å²) in [5.74, 6) is -0.0926. The van der Waals surface area contributed by atoms with Crippen molar-refractivity contribution in [2.45, 2.75) is 19.5 Å². The van der Waals surface area contributed by atoms with E-state index in [0.29, 0.717) is 30.4 Å². The van der Waals surface area contributed by atoms with E-state index in [0.717, 1.165) is 16.5 Å². The van der Waals surface area contributed by atoms with E-state index in [1.54, 1.807) is 15.6 Å². The van der Waals surface area contributed by atoms with Gasteiger partial charge in [0.25, 0.3) is 0 Å². The van der Waals surface area contributed by atoms with Crippen LogP contribution in [0.4, 0.5) is 5.69 Å². The molecule has 0 aliphatic rings. The lowest BCUT2D eigenvalue weighted by atomic mass is 10.2. The molecule has 0 aliphatic carbocycles. The third-order valence-electron chi connectivity index (χ3n) is 4.27. The Morgan fingerprint density at radius 3 is 2.70 bits per heavy atom. The molecule has 2 heterocycles. The highest BCUT2D eigenvalue weighted by Crippen LogP contribution is 2.22. The third-order valence-corrected chi connectivity index (χ3v) is 4.55. The van der Waals surface area contributed by atoms with Crippen molar-refractivity contribution in [3.63, 3.8) is 0 Å². The summed E-state index contributed by atoms with van der Waals surface area (Å²) in [5.41, 5.74) is 2.76. The molecule has 2 aromatic carbocycles. The van der Waals surface area contributed by atoms with Crippen molar-refractivity contribution in [3.8, 4) is 0 Å². The summed E-state index contributed by atoms with van der Waals surface area (Å²) in [6, 6.07) is 17.8. The Kier molecular flexibility index (Phi) is 4.89. The van der Waals surface area contributed by atoms with Gasteiger partial charge in [-0.2, -0.15) is 10.2 Å². The maximum Gasteiger partial charge on any atom is 0.226 e. The van der Waals surface area contributed by atoms with E-state index in [2.05, 4.69) is 15.5 Å². The van der Waals surface area contributed by atoms with Crippen LogP contribution in [0.1, 0.15) is 12.0 Å². The van der Waals surface area contributed by atoms with Gasteiger partial charge in [-0.25, -0.2) is 0 Å². The zero-order valence-corrected chi connectivity index (χ0v) is 15.3. The summed E-state index contributed by atoms with van der Waals surface area (Å²) in [4.78, 5) is 12.3. The zero-order valence-electron chi connectivity index (χ0n) is 14.5. The van der Waals surface area contributed by atoms with Crippen molar-refractivity contribution in [3.05, 3.63) is 77.7 Å². The Morgan fingerprint density at radius 1 is 1.07 bits per heavy atom. The largest absolute Gasteiger partial charge is 0.323 e. The highest BCUT2D eigenvalue weighted by Gasteiger charge is 2.10. The average Bonchev–Trinajstić information content (AvgIpc) is 3.25. The molecule has 0 radical (unpaired) electrons. The first kappa shape index (κ1) is 17.3. The van der Waals surface area contributed by atoms with Crippen LogP contribution in [-0.2, 0) is 17.9 Å². The molecule has 0 atom stereocenters. The summed E-state index contributed by atoms with van der Waals surface area (Å²) < 4.78 is 3.56. The highest BCUT2D eigenvalue weighted by molar-refractivity contribution is 6.34. The van der Waals surface area contributed by atoms with Gasteiger partial charge in [0.1, 0.15) is 0 Å². The first-order chi connectivity index (χ1) is 13.2. The first-order valence-electron chi connectivity index (χ1n) is 8.66. The molecule has 0 fully saturated rings. The molecule has 6 nitrogen and oxygen atoms in total. The average molecular weight is 380 g/mol. The SMILES string of the molecule is O=C(CCn1nc(Cl)c2ccccc21)Nc1cnn(Cc2ccccc2)c1. The standard InChI is InChI=1S/C20H18ClN5O/c21-20-17-8-4-5-9-18(17)26(24-20)11-10-19(27)23-16-12-22-25(14-16)13-15-6-2-1-3-7-15/h1-9,12,14H,10-11,13H2,(H,23,27). The van der Waals surface area contributed by atoms with Crippen LogP contribution in [0.15, 0.2) is 67.0 Å². The van der Waals surface area contributed by atoms with Crippen LogP contribution in [-0.4, -0.2) is 25.5 Å². The molecule has 1 amide bonds. The minimum absolute atomic E-state index is 0.0926. The molecule has 1 N–H and O–H groups in total. The lowest BCUT2D eigenvalue weighted by Crippen LogP contribution is -2.14. The van der Waals surface area contributed by atoms with Crippen molar-refractivity contribution in [2.75, 3.05) is 5.32 Å². The van der Waals surface area contributed by atoms with Crippen molar-refractivity contribution < 1.29 is 4.79 Å². The number of para-hydroxylation sites is 1. The van der Waals surface area contributed by atoms with E-state index in [4.69, 9.17) is 11.6 Å². The molecule has 7 heteroatoms. The summed E-state index contributed by atoms with van der Waals surface area (Å²) in [7, 11) is 0. The van der Waals surface area contributed by atoms with Gasteiger partial charge in [-0.15, -0.1) is 0 Å². The molecular formula is C20H18ClN5O. The van der Waals surface area contributed by atoms with Crippen molar-refractivity contribution in [1.82, 2.24) is 19.6 Å². The van der Waals surface area contributed by atoms with E-state index in [-0.39, 0.29) is 5.91 Å². The van der Waals surface area contributed by atoms with Crippen molar-refractivity contribution in [1.29, 1.82) is 0 Å². The summed E-state index contributed by atoms with van der Waals surface area (Å²) >= 11 is 6.15. The van der Waals surface area contributed by atoms with Gasteiger partial charge < -0.3 is 5.32 Å². The van der Waals surface area contributed by atoms with Crippen LogP contribution in [0.2, 0.25) is 5.15 Å². The van der Waals surface area contributed by atoms with E-state index in [1.807, 2.05) is 60.8 Å². The second kappa shape index (κ2) is 7.63. The maximum atomic E-state index is 12.3. The Bertz CT molecular complexity index is 1070. The molecule has 4 rings (SSSR count). The number of aryl methyl sites for hydroxylation is 1. The van der Waals surface area contributed by atoms with Gasteiger partial charge in [0.2, 0.25) is 5.91 Å². The van der Waals surface area contributed by atoms with Gasteiger partial charge in [0, 0.05) is 18.0 Å². The molecule has 0 aliphatic heterocycles. The normalized spacial score (nSPS) is 11.0. The van der Waals surface area contributed by atoms with Gasteiger partial charge in [0.05, 0.1) is 30.5 Å². The fourth-order valence-electron chi connectivity index (χ4n) is 2.97. The van der Waals surface area contributed by atoms with E-state index in [1.165, 1.54) is 0 Å². The molecule has 0 unspecified atom stereocenters. The predicted octanol–water partition coefficient (Wildman–Crippen LogP) is 3.96. The third kappa shape index (κ3) is 4.01. The maximum absolute atomic E-state index is 12.3. The summed E-state index contributed by atoms with van der Waals surface area (Å²) in [5, 5.41) is 12.8. The minimum Gasteiger partial charge on any atom is -0.323 e. The van der Waals surface area contributed by atoms with Crippen LogP contribution >= 0.6 is 11.6 Å². The topological polar surface area (TPSA) is 64.7 Å². The number of carbonyl (C=O) groups excluding carboxylic acids is 1. The molecule has 136 valence electrons. The molecule has 0 saturated carbocycles. The number of amides is 1. The highest BCUT2D eigenvalue weighted by atomic mass is 35.5. The number of hydrogen-bond acceptors (Lipinski definition) is 3. The smallest absolute Gasteiger partial charge is 0.226 e. The van der Waals surface area contributed by atoms with Crippen molar-refractivity contribution >= 4 is 34.1 Å². The number of benzene rings is 2. The van der Waals surface area contributed by atoms with E-state index >= 15 is 0 Å². The van der Waals surface area contributed by atoms with Gasteiger partial charge in [0.15, 0.2) is 5.15 Å². The zero-order chi connectivity index (χ0) is 18.6. The second-order valence-corrected chi connectivity index (χ2v) is 6.60. The van der Waals surface area contributed by atoms with Crippen LogP contribution in [0.5, 0.6) is 0 Å². The minimum atomic E-state index is -0.0926. The van der Waals surface area contributed by atoms with Crippen LogP contribution in [0, 0.1) is 0 Å². The number of anilines is 1. The molecule has 2 aromatic heterocycles. The number of rotatable bonds is 6. The van der Waals surface area contributed by atoms with Gasteiger partial charge >= 0.3 is 0 Å².